The second-order valence-corrected chi connectivity index (χ2v) is 6.64. The van der Waals surface area contributed by atoms with Crippen LogP contribution in [0.1, 0.15) is 27.3 Å². The van der Waals surface area contributed by atoms with E-state index in [1.807, 2.05) is 48.4 Å². The lowest BCUT2D eigenvalue weighted by Crippen LogP contribution is -2.29. The number of aryl methyl sites for hydroxylation is 1. The van der Waals surface area contributed by atoms with Crippen molar-refractivity contribution in [3.05, 3.63) is 64.4 Å². The van der Waals surface area contributed by atoms with E-state index >= 15 is 0 Å². The van der Waals surface area contributed by atoms with Gasteiger partial charge in [0.25, 0.3) is 5.91 Å². The van der Waals surface area contributed by atoms with Crippen molar-refractivity contribution in [3.8, 4) is 5.13 Å². The van der Waals surface area contributed by atoms with Crippen molar-refractivity contribution in [1.82, 2.24) is 9.55 Å². The Morgan fingerprint density at radius 3 is 2.87 bits per heavy atom. The standard InChI is InChI=1S/C18H17N3OS/c1-12-11-15(13(2)21(12)18-19-8-10-23-18)17(22)20-9-7-14-5-3-4-6-16(14)20/h3-6,8,10-11H,7,9H2,1-2H3. The molecule has 3 aromatic rings. The van der Waals surface area contributed by atoms with Gasteiger partial charge in [0.05, 0.1) is 5.56 Å². The van der Waals surface area contributed by atoms with Gasteiger partial charge in [-0.3, -0.25) is 9.36 Å². The Kier molecular flexibility index (Phi) is 3.31. The number of hydrogen-bond donors (Lipinski definition) is 0. The van der Waals surface area contributed by atoms with Gasteiger partial charge < -0.3 is 4.90 Å². The van der Waals surface area contributed by atoms with Crippen LogP contribution in [-0.4, -0.2) is 22.0 Å². The molecule has 23 heavy (non-hydrogen) atoms. The molecular weight excluding hydrogens is 306 g/mol. The number of rotatable bonds is 2. The molecule has 2 aromatic heterocycles. The summed E-state index contributed by atoms with van der Waals surface area (Å²) in [5.74, 6) is 0.0749. The fourth-order valence-electron chi connectivity index (χ4n) is 3.29. The second-order valence-electron chi connectivity index (χ2n) is 5.77. The summed E-state index contributed by atoms with van der Waals surface area (Å²) >= 11 is 1.58. The predicted octanol–water partition coefficient (Wildman–Crippen LogP) is 3.75. The van der Waals surface area contributed by atoms with E-state index in [1.165, 1.54) is 5.56 Å². The molecule has 0 aliphatic carbocycles. The maximum absolute atomic E-state index is 13.1. The highest BCUT2D eigenvalue weighted by atomic mass is 32.1. The minimum Gasteiger partial charge on any atom is -0.308 e. The molecule has 0 radical (unpaired) electrons. The number of carbonyl (C=O) groups excluding carboxylic acids is 1. The fraction of sp³-hybridized carbons (Fsp3) is 0.222. The maximum atomic E-state index is 13.1. The van der Waals surface area contributed by atoms with Gasteiger partial charge in [-0.2, -0.15) is 0 Å². The Morgan fingerprint density at radius 2 is 2.09 bits per heavy atom. The largest absolute Gasteiger partial charge is 0.308 e. The fourth-order valence-corrected chi connectivity index (χ4v) is 4.05. The number of aromatic nitrogens is 2. The summed E-state index contributed by atoms with van der Waals surface area (Å²) in [6.45, 7) is 4.76. The van der Waals surface area contributed by atoms with E-state index in [-0.39, 0.29) is 5.91 Å². The molecule has 4 nitrogen and oxygen atoms in total. The zero-order valence-electron chi connectivity index (χ0n) is 13.1. The van der Waals surface area contributed by atoms with Gasteiger partial charge in [-0.25, -0.2) is 4.98 Å². The van der Waals surface area contributed by atoms with E-state index in [0.29, 0.717) is 0 Å². The van der Waals surface area contributed by atoms with Crippen molar-refractivity contribution < 1.29 is 4.79 Å². The quantitative estimate of drug-likeness (QED) is 0.720. The molecule has 0 unspecified atom stereocenters. The van der Waals surface area contributed by atoms with Crippen LogP contribution in [0.3, 0.4) is 0 Å². The zero-order valence-corrected chi connectivity index (χ0v) is 13.9. The first-order valence-electron chi connectivity index (χ1n) is 7.65. The molecule has 1 aliphatic rings. The van der Waals surface area contributed by atoms with Crippen LogP contribution in [0.15, 0.2) is 41.9 Å². The Morgan fingerprint density at radius 1 is 1.26 bits per heavy atom. The molecule has 116 valence electrons. The van der Waals surface area contributed by atoms with Crippen molar-refractivity contribution in [2.45, 2.75) is 20.3 Å². The smallest absolute Gasteiger partial charge is 0.260 e. The van der Waals surface area contributed by atoms with Gasteiger partial charge in [-0.05, 0) is 38.0 Å². The van der Waals surface area contributed by atoms with Crippen LogP contribution >= 0.6 is 11.3 Å². The van der Waals surface area contributed by atoms with Crippen LogP contribution in [0.4, 0.5) is 5.69 Å². The van der Waals surface area contributed by atoms with Crippen molar-refractivity contribution >= 4 is 22.9 Å². The summed E-state index contributed by atoms with van der Waals surface area (Å²) in [4.78, 5) is 19.3. The van der Waals surface area contributed by atoms with Crippen molar-refractivity contribution in [2.75, 3.05) is 11.4 Å². The average molecular weight is 323 g/mol. The van der Waals surface area contributed by atoms with E-state index in [2.05, 4.69) is 15.6 Å². The molecule has 0 spiro atoms. The summed E-state index contributed by atoms with van der Waals surface area (Å²) in [6.07, 6.45) is 2.71. The Hall–Kier alpha value is -2.40. The molecule has 0 saturated heterocycles. The minimum atomic E-state index is 0.0749. The summed E-state index contributed by atoms with van der Waals surface area (Å²) < 4.78 is 2.06. The third kappa shape index (κ3) is 2.19. The zero-order chi connectivity index (χ0) is 16.0. The van der Waals surface area contributed by atoms with Crippen molar-refractivity contribution in [3.63, 3.8) is 0 Å². The molecule has 4 rings (SSSR count). The van der Waals surface area contributed by atoms with Gasteiger partial charge >= 0.3 is 0 Å². The number of thiazole rings is 1. The molecule has 0 fully saturated rings. The molecule has 3 heterocycles. The number of anilines is 1. The lowest BCUT2D eigenvalue weighted by molar-refractivity contribution is 0.0989. The van der Waals surface area contributed by atoms with E-state index in [4.69, 9.17) is 0 Å². The first-order chi connectivity index (χ1) is 11.2. The SMILES string of the molecule is Cc1cc(C(=O)N2CCc3ccccc32)c(C)n1-c1nccs1. The third-order valence-corrected chi connectivity index (χ3v) is 5.16. The van der Waals surface area contributed by atoms with E-state index in [0.717, 1.165) is 40.7 Å². The number of carbonyl (C=O) groups is 1. The monoisotopic (exact) mass is 323 g/mol. The van der Waals surface area contributed by atoms with Crippen LogP contribution in [0, 0.1) is 13.8 Å². The highest BCUT2D eigenvalue weighted by Crippen LogP contribution is 2.31. The first kappa shape index (κ1) is 14.2. The number of amides is 1. The van der Waals surface area contributed by atoms with E-state index in [9.17, 15) is 4.79 Å². The number of benzene rings is 1. The minimum absolute atomic E-state index is 0.0749. The summed E-state index contributed by atoms with van der Waals surface area (Å²) in [6, 6.07) is 10.1. The Bertz CT molecular complexity index is 880. The lowest BCUT2D eigenvalue weighted by Gasteiger charge is -2.17. The topological polar surface area (TPSA) is 38.1 Å². The van der Waals surface area contributed by atoms with Crippen LogP contribution < -0.4 is 4.90 Å². The van der Waals surface area contributed by atoms with E-state index in [1.54, 1.807) is 17.5 Å². The molecule has 1 aromatic carbocycles. The normalized spacial score (nSPS) is 13.4. The van der Waals surface area contributed by atoms with Gasteiger partial charge in [0.15, 0.2) is 5.13 Å². The average Bonchev–Trinajstić information content (AvgIpc) is 3.26. The van der Waals surface area contributed by atoms with Crippen LogP contribution in [0.5, 0.6) is 0 Å². The molecule has 1 amide bonds. The maximum Gasteiger partial charge on any atom is 0.260 e. The van der Waals surface area contributed by atoms with Crippen molar-refractivity contribution in [1.29, 1.82) is 0 Å². The van der Waals surface area contributed by atoms with Crippen LogP contribution in [-0.2, 0) is 6.42 Å². The van der Waals surface area contributed by atoms with Gasteiger partial charge in [0, 0.05) is 35.2 Å². The van der Waals surface area contributed by atoms with Gasteiger partial charge in [0.2, 0.25) is 0 Å². The first-order valence-corrected chi connectivity index (χ1v) is 8.53. The van der Waals surface area contributed by atoms with Gasteiger partial charge in [0.1, 0.15) is 0 Å². The number of nitrogens with zero attached hydrogens (tertiary/aromatic N) is 3. The van der Waals surface area contributed by atoms with Gasteiger partial charge in [-0.15, -0.1) is 11.3 Å². The van der Waals surface area contributed by atoms with Crippen molar-refractivity contribution in [2.24, 2.45) is 0 Å². The van der Waals surface area contributed by atoms with E-state index < -0.39 is 0 Å². The highest BCUT2D eigenvalue weighted by Gasteiger charge is 2.28. The molecule has 5 heteroatoms. The van der Waals surface area contributed by atoms with Gasteiger partial charge in [-0.1, -0.05) is 18.2 Å². The molecule has 0 atom stereocenters. The Labute approximate surface area is 139 Å². The third-order valence-electron chi connectivity index (χ3n) is 4.40. The molecule has 1 aliphatic heterocycles. The number of para-hydroxylation sites is 1. The second kappa shape index (κ2) is 5.35. The summed E-state index contributed by atoms with van der Waals surface area (Å²) in [5, 5.41) is 2.85. The molecular formula is C18H17N3OS. The summed E-state index contributed by atoms with van der Waals surface area (Å²) in [5.41, 5.74) is 5.03. The van der Waals surface area contributed by atoms with Crippen LogP contribution in [0.25, 0.3) is 5.13 Å². The highest BCUT2D eigenvalue weighted by molar-refractivity contribution is 7.12. The number of hydrogen-bond acceptors (Lipinski definition) is 3. The molecule has 0 N–H and O–H groups in total. The van der Waals surface area contributed by atoms with Crippen LogP contribution in [0.2, 0.25) is 0 Å². The summed E-state index contributed by atoms with van der Waals surface area (Å²) in [7, 11) is 0. The molecule has 0 bridgehead atoms. The lowest BCUT2D eigenvalue weighted by atomic mass is 10.1. The number of fused-ring (bicyclic) bond motifs is 1. The molecule has 0 saturated carbocycles. The Balaban J connectivity index is 1.75. The predicted molar refractivity (Wildman–Crippen MR) is 92.7 cm³/mol.